The number of nitrogens with zero attached hydrogens (tertiary/aromatic N) is 1. The van der Waals surface area contributed by atoms with Gasteiger partial charge in [-0.05, 0) is 32.6 Å². The highest BCUT2D eigenvalue weighted by atomic mass is 32.2. The summed E-state index contributed by atoms with van der Waals surface area (Å²) in [5.74, 6) is 1.83. The van der Waals surface area contributed by atoms with E-state index in [4.69, 9.17) is 0 Å². The van der Waals surface area contributed by atoms with Crippen molar-refractivity contribution in [3.63, 3.8) is 0 Å². The van der Waals surface area contributed by atoms with Crippen LogP contribution in [-0.2, 0) is 15.6 Å². The van der Waals surface area contributed by atoms with Crippen LogP contribution < -0.4 is 5.32 Å². The van der Waals surface area contributed by atoms with Crippen LogP contribution >= 0.6 is 0 Å². The van der Waals surface area contributed by atoms with Gasteiger partial charge in [0.2, 0.25) is 5.91 Å². The molecule has 2 heterocycles. The van der Waals surface area contributed by atoms with E-state index < -0.39 is 10.8 Å². The van der Waals surface area contributed by atoms with Crippen molar-refractivity contribution in [1.82, 2.24) is 10.2 Å². The fourth-order valence-corrected chi connectivity index (χ4v) is 5.11. The Morgan fingerprint density at radius 1 is 1.28 bits per heavy atom. The molecule has 2 saturated heterocycles. The Labute approximate surface area is 111 Å². The summed E-state index contributed by atoms with van der Waals surface area (Å²) in [6.07, 6.45) is 6.26. The van der Waals surface area contributed by atoms with Crippen LogP contribution in [0.5, 0.6) is 0 Å². The molecule has 3 fully saturated rings. The molecule has 3 rings (SSSR count). The van der Waals surface area contributed by atoms with Gasteiger partial charge in [-0.3, -0.25) is 14.3 Å². The molecular formula is C13H22N2O2S. The number of carbonyl (C=O) groups excluding carboxylic acids is 1. The third kappa shape index (κ3) is 1.92. The van der Waals surface area contributed by atoms with Crippen molar-refractivity contribution in [3.8, 4) is 0 Å². The second-order valence-corrected chi connectivity index (χ2v) is 7.60. The molecule has 2 aliphatic heterocycles. The maximum absolute atomic E-state index is 12.7. The van der Waals surface area contributed by atoms with Crippen molar-refractivity contribution in [3.05, 3.63) is 0 Å². The van der Waals surface area contributed by atoms with E-state index in [9.17, 15) is 9.00 Å². The van der Waals surface area contributed by atoms with Gasteiger partial charge in [-0.25, -0.2) is 0 Å². The van der Waals surface area contributed by atoms with E-state index >= 15 is 0 Å². The minimum absolute atomic E-state index is 0.145. The second kappa shape index (κ2) is 4.60. The Morgan fingerprint density at radius 2 is 1.89 bits per heavy atom. The summed E-state index contributed by atoms with van der Waals surface area (Å²) >= 11 is 0. The monoisotopic (exact) mass is 270 g/mol. The number of amides is 1. The minimum atomic E-state index is -0.652. The summed E-state index contributed by atoms with van der Waals surface area (Å²) in [5, 5.41) is 3.54. The molecule has 0 bridgehead atoms. The second-order valence-electron chi connectivity index (χ2n) is 5.90. The van der Waals surface area contributed by atoms with Gasteiger partial charge < -0.3 is 4.90 Å². The van der Waals surface area contributed by atoms with Crippen molar-refractivity contribution < 1.29 is 9.00 Å². The first-order valence-electron chi connectivity index (χ1n) is 7.08. The summed E-state index contributed by atoms with van der Waals surface area (Å²) in [6.45, 7) is 2.09. The van der Waals surface area contributed by atoms with Crippen LogP contribution in [0.15, 0.2) is 0 Å². The number of carbonyl (C=O) groups is 1. The van der Waals surface area contributed by atoms with Crippen LogP contribution in [0, 0.1) is 0 Å². The van der Waals surface area contributed by atoms with E-state index in [1.54, 1.807) is 0 Å². The number of hydrogen-bond donors (Lipinski definition) is 1. The quantitative estimate of drug-likeness (QED) is 0.773. The highest BCUT2D eigenvalue weighted by molar-refractivity contribution is 7.85. The summed E-state index contributed by atoms with van der Waals surface area (Å²) in [4.78, 5) is 14.8. The minimum Gasteiger partial charge on any atom is -0.323 e. The third-order valence-corrected chi connectivity index (χ3v) is 6.14. The van der Waals surface area contributed by atoms with Crippen molar-refractivity contribution in [2.24, 2.45) is 0 Å². The number of nitrogens with one attached hydrogen (secondary N) is 1. The molecule has 1 N–H and O–H groups in total. The molecule has 4 nitrogen and oxygen atoms in total. The van der Waals surface area contributed by atoms with Crippen LogP contribution in [0.2, 0.25) is 0 Å². The predicted octanol–water partition coefficient (Wildman–Crippen LogP) is 0.988. The number of hydrogen-bond acceptors (Lipinski definition) is 3. The molecule has 0 aromatic heterocycles. The van der Waals surface area contributed by atoms with E-state index in [2.05, 4.69) is 17.1 Å². The molecule has 1 atom stereocenters. The zero-order valence-corrected chi connectivity index (χ0v) is 11.8. The van der Waals surface area contributed by atoms with Crippen LogP contribution in [-0.4, -0.2) is 44.3 Å². The molecule has 0 aromatic carbocycles. The average Bonchev–Trinajstić information content (AvgIpc) is 2.89. The van der Waals surface area contributed by atoms with E-state index in [-0.39, 0.29) is 11.7 Å². The SMILES string of the molecule is CC1NC2(CCCC2)C(=O)N1C1CCS(=O)CC1. The van der Waals surface area contributed by atoms with Gasteiger partial charge in [-0.15, -0.1) is 0 Å². The lowest BCUT2D eigenvalue weighted by atomic mass is 9.97. The van der Waals surface area contributed by atoms with E-state index in [0.29, 0.717) is 11.9 Å². The van der Waals surface area contributed by atoms with Crippen LogP contribution in [0.25, 0.3) is 0 Å². The van der Waals surface area contributed by atoms with Gasteiger partial charge >= 0.3 is 0 Å². The van der Waals surface area contributed by atoms with Crippen molar-refractivity contribution in [2.45, 2.75) is 63.2 Å². The van der Waals surface area contributed by atoms with Crippen molar-refractivity contribution >= 4 is 16.7 Å². The maximum atomic E-state index is 12.7. The normalized spacial score (nSPS) is 39.7. The topological polar surface area (TPSA) is 49.4 Å². The van der Waals surface area contributed by atoms with Gasteiger partial charge in [0.25, 0.3) is 0 Å². The molecule has 102 valence electrons. The summed E-state index contributed by atoms with van der Waals surface area (Å²) in [5.41, 5.74) is -0.254. The van der Waals surface area contributed by atoms with Gasteiger partial charge in [0, 0.05) is 28.3 Å². The highest BCUT2D eigenvalue weighted by Crippen LogP contribution is 2.38. The summed E-state index contributed by atoms with van der Waals surface area (Å²) in [7, 11) is -0.652. The first kappa shape index (κ1) is 12.6. The van der Waals surface area contributed by atoms with Gasteiger partial charge in [-0.1, -0.05) is 12.8 Å². The van der Waals surface area contributed by atoms with Gasteiger partial charge in [-0.2, -0.15) is 0 Å². The molecule has 1 aliphatic carbocycles. The molecule has 0 radical (unpaired) electrons. The first-order valence-corrected chi connectivity index (χ1v) is 8.57. The third-order valence-electron chi connectivity index (χ3n) is 4.75. The molecule has 1 spiro atoms. The van der Waals surface area contributed by atoms with Crippen LogP contribution in [0.1, 0.15) is 45.4 Å². The van der Waals surface area contributed by atoms with E-state index in [1.165, 1.54) is 0 Å². The lowest BCUT2D eigenvalue weighted by Gasteiger charge is -2.33. The Morgan fingerprint density at radius 3 is 2.50 bits per heavy atom. The largest absolute Gasteiger partial charge is 0.323 e. The summed E-state index contributed by atoms with van der Waals surface area (Å²) in [6, 6.07) is 0.303. The van der Waals surface area contributed by atoms with Crippen LogP contribution in [0.3, 0.4) is 0 Å². The lowest BCUT2D eigenvalue weighted by Crippen LogP contribution is -2.47. The van der Waals surface area contributed by atoms with E-state index in [0.717, 1.165) is 50.0 Å². The standard InChI is InChI=1S/C13H22N2O2S/c1-10-14-13(6-2-3-7-13)12(16)15(10)11-4-8-18(17)9-5-11/h10-11,14H,2-9H2,1H3. The van der Waals surface area contributed by atoms with Crippen LogP contribution in [0.4, 0.5) is 0 Å². The van der Waals surface area contributed by atoms with Crippen molar-refractivity contribution in [2.75, 3.05) is 11.5 Å². The number of rotatable bonds is 1. The Balaban J connectivity index is 1.76. The maximum Gasteiger partial charge on any atom is 0.244 e. The predicted molar refractivity (Wildman–Crippen MR) is 71.5 cm³/mol. The Kier molecular flexibility index (Phi) is 3.22. The van der Waals surface area contributed by atoms with Gasteiger partial charge in [0.1, 0.15) is 0 Å². The fraction of sp³-hybridized carbons (Fsp3) is 0.923. The molecule has 1 saturated carbocycles. The first-order chi connectivity index (χ1) is 8.62. The molecule has 18 heavy (non-hydrogen) atoms. The molecule has 0 aromatic rings. The zero-order chi connectivity index (χ0) is 12.8. The molecular weight excluding hydrogens is 248 g/mol. The zero-order valence-electron chi connectivity index (χ0n) is 11.0. The van der Waals surface area contributed by atoms with Gasteiger partial charge in [0.15, 0.2) is 0 Å². The molecule has 5 heteroatoms. The highest BCUT2D eigenvalue weighted by Gasteiger charge is 2.52. The average molecular weight is 270 g/mol. The van der Waals surface area contributed by atoms with E-state index in [1.807, 2.05) is 0 Å². The Bertz CT molecular complexity index is 369. The smallest absolute Gasteiger partial charge is 0.244 e. The lowest BCUT2D eigenvalue weighted by molar-refractivity contribution is -0.135. The molecule has 1 unspecified atom stereocenters. The molecule has 1 amide bonds. The molecule has 3 aliphatic rings. The fourth-order valence-electron chi connectivity index (χ4n) is 3.83. The summed E-state index contributed by atoms with van der Waals surface area (Å²) < 4.78 is 11.4. The van der Waals surface area contributed by atoms with Gasteiger partial charge in [0.05, 0.1) is 11.7 Å². The van der Waals surface area contributed by atoms with Crippen molar-refractivity contribution in [1.29, 1.82) is 0 Å². The Hall–Kier alpha value is -0.420.